The number of para-hydroxylation sites is 3. The molecule has 1 unspecified atom stereocenters. The van der Waals surface area contributed by atoms with Crippen LogP contribution < -0.4 is 9.80 Å². The predicted molar refractivity (Wildman–Crippen MR) is 320 cm³/mol. The third kappa shape index (κ3) is 6.15. The van der Waals surface area contributed by atoms with Crippen LogP contribution in [-0.4, -0.2) is 0 Å². The second kappa shape index (κ2) is 16.7. The SMILES string of the molecule is c1ccc(-c2ccccc2N(c2ccc3c(c2)-c2ccccc2-c2ccccc2N3c2ccccc2)c2ccc3c(c2)-c2ccccc2-c2ccccc2C32c3ccccc3-c3cc4sc5ccccc5c4cc32)cc1. The van der Waals surface area contributed by atoms with E-state index in [0.717, 1.165) is 50.8 Å². The Morgan fingerprint density at radius 1 is 0.289 bits per heavy atom. The third-order valence-electron chi connectivity index (χ3n) is 16.4. The van der Waals surface area contributed by atoms with Crippen molar-refractivity contribution in [1.29, 1.82) is 0 Å². The highest BCUT2D eigenvalue weighted by atomic mass is 32.1. The fourth-order valence-electron chi connectivity index (χ4n) is 13.3. The zero-order chi connectivity index (χ0) is 49.9. The topological polar surface area (TPSA) is 6.48 Å². The van der Waals surface area contributed by atoms with Crippen LogP contribution in [0.5, 0.6) is 0 Å². The molecule has 1 spiro atoms. The minimum absolute atomic E-state index is 0.636. The lowest BCUT2D eigenvalue weighted by Crippen LogP contribution is -2.29. The molecular formula is C73H46N2S. The summed E-state index contributed by atoms with van der Waals surface area (Å²) in [6.07, 6.45) is 0. The molecule has 0 saturated carbocycles. The van der Waals surface area contributed by atoms with E-state index in [-0.39, 0.29) is 0 Å². The van der Waals surface area contributed by atoms with E-state index in [1.54, 1.807) is 0 Å². The standard InChI is InChI=1S/C73H46N2S/c1-3-21-47(22-4-1)51-25-13-18-36-68(51)74(50-40-42-70-62(44-50)55-29-10-8-27-53(55)58-32-14-19-37-69(58)75(70)48-23-5-2-6-24-48)49-39-41-66-60(43-49)54-28-9-7-26-52(54)56-30-11-16-34-64(56)73(66)65-35-17-12-31-57(65)61-46-72-63(45-67(61)73)59-33-15-20-38-71(59)76-72/h1-46H. The molecule has 0 saturated heterocycles. The molecule has 2 heterocycles. The molecule has 2 nitrogen and oxygen atoms in total. The molecule has 1 aromatic heterocycles. The van der Waals surface area contributed by atoms with Gasteiger partial charge in [-0.15, -0.1) is 11.3 Å². The van der Waals surface area contributed by atoms with Crippen LogP contribution in [0.2, 0.25) is 0 Å². The van der Waals surface area contributed by atoms with Crippen molar-refractivity contribution < 1.29 is 0 Å². The molecule has 76 heavy (non-hydrogen) atoms. The summed E-state index contributed by atoms with van der Waals surface area (Å²) in [5, 5.41) is 2.62. The molecule has 12 aromatic carbocycles. The van der Waals surface area contributed by atoms with E-state index >= 15 is 0 Å². The average Bonchev–Trinajstić information content (AvgIpc) is 4.10. The molecule has 13 aromatic rings. The lowest BCUT2D eigenvalue weighted by atomic mass is 9.65. The predicted octanol–water partition coefficient (Wildman–Crippen LogP) is 20.3. The van der Waals surface area contributed by atoms with Crippen molar-refractivity contribution in [1.82, 2.24) is 0 Å². The molecule has 3 aliphatic rings. The Hall–Kier alpha value is -9.54. The molecule has 16 rings (SSSR count). The summed E-state index contributed by atoms with van der Waals surface area (Å²) in [6.45, 7) is 0. The molecular weight excluding hydrogens is 937 g/mol. The van der Waals surface area contributed by atoms with Gasteiger partial charge in [0.25, 0.3) is 0 Å². The van der Waals surface area contributed by atoms with Gasteiger partial charge in [-0.3, -0.25) is 0 Å². The number of nitrogens with zero attached hydrogens (tertiary/aromatic N) is 2. The second-order valence-electron chi connectivity index (χ2n) is 20.3. The van der Waals surface area contributed by atoms with Gasteiger partial charge in [0.05, 0.1) is 22.5 Å². The monoisotopic (exact) mass is 982 g/mol. The van der Waals surface area contributed by atoms with E-state index in [2.05, 4.69) is 289 Å². The summed E-state index contributed by atoms with van der Waals surface area (Å²) >= 11 is 1.90. The summed E-state index contributed by atoms with van der Waals surface area (Å²) in [4.78, 5) is 4.96. The highest BCUT2D eigenvalue weighted by Gasteiger charge is 2.50. The number of anilines is 6. The van der Waals surface area contributed by atoms with E-state index in [4.69, 9.17) is 0 Å². The normalized spacial score (nSPS) is 14.3. The molecule has 354 valence electrons. The molecule has 0 fully saturated rings. The minimum atomic E-state index is -0.636. The fourth-order valence-corrected chi connectivity index (χ4v) is 14.4. The van der Waals surface area contributed by atoms with Crippen molar-refractivity contribution in [2.45, 2.75) is 5.41 Å². The number of rotatable bonds is 5. The number of benzene rings is 12. The van der Waals surface area contributed by atoms with Gasteiger partial charge < -0.3 is 9.80 Å². The van der Waals surface area contributed by atoms with Gasteiger partial charge in [0.1, 0.15) is 0 Å². The Morgan fingerprint density at radius 3 is 1.51 bits per heavy atom. The fraction of sp³-hybridized carbons (Fsp3) is 0.0137. The zero-order valence-electron chi connectivity index (χ0n) is 41.4. The van der Waals surface area contributed by atoms with Crippen molar-refractivity contribution in [2.75, 3.05) is 9.80 Å². The number of fused-ring (bicyclic) bond motifs is 20. The van der Waals surface area contributed by atoms with E-state index in [9.17, 15) is 0 Å². The van der Waals surface area contributed by atoms with Gasteiger partial charge in [-0.05, 0) is 145 Å². The van der Waals surface area contributed by atoms with E-state index in [1.807, 2.05) is 11.3 Å². The number of thiophene rings is 1. The van der Waals surface area contributed by atoms with Crippen LogP contribution in [0, 0.1) is 0 Å². The quantitative estimate of drug-likeness (QED) is 0.170. The molecule has 0 amide bonds. The van der Waals surface area contributed by atoms with Crippen LogP contribution in [0.15, 0.2) is 279 Å². The Kier molecular flexibility index (Phi) is 9.45. The van der Waals surface area contributed by atoms with Crippen molar-refractivity contribution in [3.63, 3.8) is 0 Å². The van der Waals surface area contributed by atoms with Crippen LogP contribution in [0.1, 0.15) is 22.3 Å². The summed E-state index contributed by atoms with van der Waals surface area (Å²) < 4.78 is 2.64. The maximum absolute atomic E-state index is 2.56. The van der Waals surface area contributed by atoms with Crippen LogP contribution in [0.25, 0.3) is 86.9 Å². The molecule has 1 atom stereocenters. The van der Waals surface area contributed by atoms with Gasteiger partial charge in [-0.1, -0.05) is 206 Å². The van der Waals surface area contributed by atoms with Crippen LogP contribution in [0.3, 0.4) is 0 Å². The smallest absolute Gasteiger partial charge is 0.0725 e. The highest BCUT2D eigenvalue weighted by Crippen LogP contribution is 2.63. The van der Waals surface area contributed by atoms with E-state index < -0.39 is 5.41 Å². The lowest BCUT2D eigenvalue weighted by Gasteiger charge is -2.36. The van der Waals surface area contributed by atoms with Gasteiger partial charge >= 0.3 is 0 Å². The van der Waals surface area contributed by atoms with Gasteiger partial charge in [0.15, 0.2) is 0 Å². The Bertz CT molecular complexity index is 4490. The molecule has 1 aliphatic heterocycles. The first-order valence-electron chi connectivity index (χ1n) is 26.2. The summed E-state index contributed by atoms with van der Waals surface area (Å²) in [5.41, 5.74) is 25.9. The maximum Gasteiger partial charge on any atom is 0.0725 e. The first-order chi connectivity index (χ1) is 37.7. The highest BCUT2D eigenvalue weighted by molar-refractivity contribution is 7.25. The second-order valence-corrected chi connectivity index (χ2v) is 21.3. The van der Waals surface area contributed by atoms with Gasteiger partial charge in [-0.25, -0.2) is 0 Å². The van der Waals surface area contributed by atoms with E-state index in [1.165, 1.54) is 92.5 Å². The molecule has 2 aliphatic carbocycles. The molecule has 0 N–H and O–H groups in total. The summed E-state index contributed by atoms with van der Waals surface area (Å²) in [5.74, 6) is 0. The summed E-state index contributed by atoms with van der Waals surface area (Å²) in [7, 11) is 0. The number of hydrogen-bond acceptors (Lipinski definition) is 3. The summed E-state index contributed by atoms with van der Waals surface area (Å²) in [6, 6.07) is 104. The van der Waals surface area contributed by atoms with Crippen molar-refractivity contribution in [3.05, 3.63) is 301 Å². The van der Waals surface area contributed by atoms with Crippen molar-refractivity contribution in [2.24, 2.45) is 0 Å². The average molecular weight is 983 g/mol. The molecule has 0 bridgehead atoms. The van der Waals surface area contributed by atoms with Crippen LogP contribution in [0.4, 0.5) is 34.1 Å². The molecule has 3 heteroatoms. The first kappa shape index (κ1) is 42.9. The zero-order valence-corrected chi connectivity index (χ0v) is 42.2. The Labute approximate surface area is 446 Å². The van der Waals surface area contributed by atoms with Gasteiger partial charge in [-0.2, -0.15) is 0 Å². The Morgan fingerprint density at radius 2 is 0.776 bits per heavy atom. The van der Waals surface area contributed by atoms with Crippen molar-refractivity contribution >= 4 is 65.6 Å². The van der Waals surface area contributed by atoms with Crippen molar-refractivity contribution in [3.8, 4) is 66.8 Å². The van der Waals surface area contributed by atoms with Crippen LogP contribution >= 0.6 is 11.3 Å². The maximum atomic E-state index is 2.56. The lowest BCUT2D eigenvalue weighted by molar-refractivity contribution is 0.776. The van der Waals surface area contributed by atoms with Gasteiger partial charge in [0.2, 0.25) is 0 Å². The largest absolute Gasteiger partial charge is 0.310 e. The number of hydrogen-bond donors (Lipinski definition) is 0. The van der Waals surface area contributed by atoms with E-state index in [0.29, 0.717) is 0 Å². The van der Waals surface area contributed by atoms with Crippen LogP contribution in [-0.2, 0) is 5.41 Å². The first-order valence-corrected chi connectivity index (χ1v) is 27.1. The third-order valence-corrected chi connectivity index (χ3v) is 17.6. The Balaban J connectivity index is 0.997. The minimum Gasteiger partial charge on any atom is -0.310 e. The van der Waals surface area contributed by atoms with Gasteiger partial charge in [0, 0.05) is 53.9 Å². The molecule has 0 radical (unpaired) electrons.